The summed E-state index contributed by atoms with van der Waals surface area (Å²) in [5, 5.41) is 10.5. The molecule has 4 aliphatic rings. The van der Waals surface area contributed by atoms with E-state index >= 15 is 0 Å². The van der Waals surface area contributed by atoms with Crippen LogP contribution in [0.5, 0.6) is 0 Å². The lowest BCUT2D eigenvalue weighted by Gasteiger charge is -2.59. The first kappa shape index (κ1) is 20.1. The van der Waals surface area contributed by atoms with Crippen molar-refractivity contribution in [1.29, 1.82) is 0 Å². The number of cyclic esters (lactones) is 2. The second-order valence-corrected chi connectivity index (χ2v) is 9.14. The van der Waals surface area contributed by atoms with Crippen LogP contribution in [-0.2, 0) is 28.6 Å². The smallest absolute Gasteiger partial charge is 0.334 e. The maximum absolute atomic E-state index is 12.5. The molecule has 7 nitrogen and oxygen atoms in total. The Labute approximate surface area is 170 Å². The van der Waals surface area contributed by atoms with Gasteiger partial charge in [-0.2, -0.15) is 0 Å². The number of carbonyl (C=O) groups is 3. The molecule has 29 heavy (non-hydrogen) atoms. The lowest BCUT2D eigenvalue weighted by atomic mass is 9.45. The maximum atomic E-state index is 12.5. The predicted molar refractivity (Wildman–Crippen MR) is 101 cm³/mol. The van der Waals surface area contributed by atoms with E-state index in [2.05, 4.69) is 13.8 Å². The van der Waals surface area contributed by atoms with Gasteiger partial charge in [0.25, 0.3) is 0 Å². The summed E-state index contributed by atoms with van der Waals surface area (Å²) in [4.78, 5) is 36.2. The molecule has 0 radical (unpaired) electrons. The van der Waals surface area contributed by atoms with E-state index in [4.69, 9.17) is 14.2 Å². The van der Waals surface area contributed by atoms with Crippen molar-refractivity contribution < 1.29 is 33.7 Å². The highest BCUT2D eigenvalue weighted by Gasteiger charge is 2.65. The maximum Gasteiger partial charge on any atom is 0.334 e. The Balaban J connectivity index is 1.73. The van der Waals surface area contributed by atoms with Crippen molar-refractivity contribution in [3.05, 3.63) is 23.3 Å². The average molecular weight is 404 g/mol. The number of rotatable bonds is 4. The summed E-state index contributed by atoms with van der Waals surface area (Å²) < 4.78 is 16.2. The average Bonchev–Trinajstić information content (AvgIpc) is 3.21. The number of ether oxygens (including phenoxy) is 3. The Morgan fingerprint density at radius 1 is 1.31 bits per heavy atom. The third kappa shape index (κ3) is 3.10. The van der Waals surface area contributed by atoms with Crippen LogP contribution in [0.15, 0.2) is 23.3 Å². The van der Waals surface area contributed by atoms with Crippen molar-refractivity contribution in [3.63, 3.8) is 0 Å². The molecule has 2 heterocycles. The number of carbonyl (C=O) groups excluding carboxylic acids is 3. The van der Waals surface area contributed by atoms with Gasteiger partial charge in [-0.1, -0.05) is 13.8 Å². The number of aliphatic hydroxyl groups excluding tert-OH is 1. The quantitative estimate of drug-likeness (QED) is 0.566. The molecule has 158 valence electrons. The van der Waals surface area contributed by atoms with E-state index in [0.717, 1.165) is 0 Å². The molecule has 7 heteroatoms. The van der Waals surface area contributed by atoms with E-state index < -0.39 is 17.5 Å². The molecular formula is C22H28O7. The Kier molecular flexibility index (Phi) is 4.84. The van der Waals surface area contributed by atoms with Crippen LogP contribution >= 0.6 is 0 Å². The zero-order valence-corrected chi connectivity index (χ0v) is 17.1. The minimum Gasteiger partial charge on any atom is -0.462 e. The second kappa shape index (κ2) is 6.97. The summed E-state index contributed by atoms with van der Waals surface area (Å²) in [5.41, 5.74) is 0.211. The normalized spacial score (nSPS) is 41.0. The summed E-state index contributed by atoms with van der Waals surface area (Å²) in [6, 6.07) is 0. The van der Waals surface area contributed by atoms with Gasteiger partial charge < -0.3 is 19.3 Å². The summed E-state index contributed by atoms with van der Waals surface area (Å²) in [7, 11) is 0. The predicted octanol–water partition coefficient (Wildman–Crippen LogP) is 2.08. The van der Waals surface area contributed by atoms with Gasteiger partial charge in [0.2, 0.25) is 0 Å². The number of aliphatic hydroxyl groups is 1. The van der Waals surface area contributed by atoms with Gasteiger partial charge in [0, 0.05) is 23.5 Å². The highest BCUT2D eigenvalue weighted by atomic mass is 16.6. The molecule has 4 rings (SSSR count). The number of esters is 3. The van der Waals surface area contributed by atoms with Crippen LogP contribution < -0.4 is 0 Å². The van der Waals surface area contributed by atoms with Crippen molar-refractivity contribution in [2.45, 2.75) is 58.7 Å². The molecule has 1 spiro atoms. The molecule has 0 aromatic heterocycles. The van der Waals surface area contributed by atoms with Crippen molar-refractivity contribution >= 4 is 17.9 Å². The molecule has 0 bridgehead atoms. The first-order chi connectivity index (χ1) is 13.7. The third-order valence-electron chi connectivity index (χ3n) is 7.74. The molecule has 0 aromatic carbocycles. The monoisotopic (exact) mass is 404 g/mol. The fraction of sp³-hybridized carbons (Fsp3) is 0.682. The first-order valence-electron chi connectivity index (χ1n) is 10.3. The molecular weight excluding hydrogens is 376 g/mol. The zero-order chi connectivity index (χ0) is 21.0. The molecule has 6 unspecified atom stereocenters. The minimum atomic E-state index is -0.721. The molecule has 6 atom stereocenters. The van der Waals surface area contributed by atoms with E-state index in [1.165, 1.54) is 6.92 Å². The van der Waals surface area contributed by atoms with E-state index in [1.54, 1.807) is 6.08 Å². The van der Waals surface area contributed by atoms with Crippen LogP contribution in [0.4, 0.5) is 0 Å². The standard InChI is InChI=1S/C22H28O7/c1-12-17(29-13(2)23)10-22-11-28-20(26)16(22)8-15(24)9-18(22)21(12,3)6-4-14-5-7-27-19(14)25/h5,8,12,15,17-18,24H,4,6-7,9-11H2,1-3H3. The van der Waals surface area contributed by atoms with Gasteiger partial charge in [0.05, 0.1) is 6.10 Å². The highest BCUT2D eigenvalue weighted by molar-refractivity contribution is 5.93. The summed E-state index contributed by atoms with van der Waals surface area (Å²) >= 11 is 0. The van der Waals surface area contributed by atoms with E-state index in [-0.39, 0.29) is 41.9 Å². The first-order valence-corrected chi connectivity index (χ1v) is 10.3. The molecule has 2 aliphatic heterocycles. The van der Waals surface area contributed by atoms with Crippen LogP contribution in [-0.4, -0.2) is 48.4 Å². The van der Waals surface area contributed by atoms with Crippen LogP contribution in [0.3, 0.4) is 0 Å². The second-order valence-electron chi connectivity index (χ2n) is 9.14. The highest BCUT2D eigenvalue weighted by Crippen LogP contribution is 2.64. The molecule has 2 aliphatic carbocycles. The largest absolute Gasteiger partial charge is 0.462 e. The lowest BCUT2D eigenvalue weighted by molar-refractivity contribution is -0.175. The van der Waals surface area contributed by atoms with Crippen molar-refractivity contribution in [1.82, 2.24) is 0 Å². The van der Waals surface area contributed by atoms with E-state index in [1.807, 2.05) is 6.08 Å². The van der Waals surface area contributed by atoms with Crippen LogP contribution in [0.2, 0.25) is 0 Å². The van der Waals surface area contributed by atoms with Gasteiger partial charge in [-0.25, -0.2) is 9.59 Å². The number of hydrogen-bond acceptors (Lipinski definition) is 7. The summed E-state index contributed by atoms with van der Waals surface area (Å²) in [6.07, 6.45) is 4.55. The molecule has 0 aromatic rings. The molecule has 2 fully saturated rings. The Morgan fingerprint density at radius 3 is 2.72 bits per heavy atom. The van der Waals surface area contributed by atoms with Crippen LogP contribution in [0.1, 0.15) is 46.5 Å². The van der Waals surface area contributed by atoms with Gasteiger partial charge in [-0.3, -0.25) is 4.79 Å². The third-order valence-corrected chi connectivity index (χ3v) is 7.74. The number of hydrogen-bond donors (Lipinski definition) is 1. The van der Waals surface area contributed by atoms with Crippen molar-refractivity contribution in [3.8, 4) is 0 Å². The SMILES string of the molecule is CC(=O)OC1CC23COC(=O)C2=CC(O)CC3C(C)(CCC2=CCOC2=O)C1C. The Hall–Kier alpha value is -2.15. The van der Waals surface area contributed by atoms with Gasteiger partial charge >= 0.3 is 17.9 Å². The van der Waals surface area contributed by atoms with Gasteiger partial charge in [-0.15, -0.1) is 0 Å². The molecule has 1 N–H and O–H groups in total. The molecule has 0 amide bonds. The van der Waals surface area contributed by atoms with Gasteiger partial charge in [0.1, 0.15) is 19.3 Å². The fourth-order valence-corrected chi connectivity index (χ4v) is 6.05. The van der Waals surface area contributed by atoms with Gasteiger partial charge in [0.15, 0.2) is 0 Å². The summed E-state index contributed by atoms with van der Waals surface area (Å²) in [5.74, 6) is -1.08. The molecule has 1 saturated heterocycles. The summed E-state index contributed by atoms with van der Waals surface area (Å²) in [6.45, 7) is 6.12. The lowest BCUT2D eigenvalue weighted by Crippen LogP contribution is -2.58. The van der Waals surface area contributed by atoms with Crippen LogP contribution in [0.25, 0.3) is 0 Å². The van der Waals surface area contributed by atoms with Gasteiger partial charge in [-0.05, 0) is 55.1 Å². The van der Waals surface area contributed by atoms with Crippen LogP contribution in [0, 0.1) is 22.7 Å². The molecule has 1 saturated carbocycles. The zero-order valence-electron chi connectivity index (χ0n) is 17.1. The minimum absolute atomic E-state index is 0.0118. The van der Waals surface area contributed by atoms with E-state index in [9.17, 15) is 19.5 Å². The Morgan fingerprint density at radius 2 is 2.07 bits per heavy atom. The fourth-order valence-electron chi connectivity index (χ4n) is 6.05. The van der Waals surface area contributed by atoms with E-state index in [0.29, 0.717) is 43.4 Å². The van der Waals surface area contributed by atoms with Crippen molar-refractivity contribution in [2.75, 3.05) is 13.2 Å². The van der Waals surface area contributed by atoms with Crippen molar-refractivity contribution in [2.24, 2.45) is 22.7 Å². The Bertz CT molecular complexity index is 812. The topological polar surface area (TPSA) is 99.1 Å².